The monoisotopic (exact) mass is 240 g/mol. The van der Waals surface area contributed by atoms with Gasteiger partial charge in [0.25, 0.3) is 0 Å². The first-order valence-electron chi connectivity index (χ1n) is 6.94. The van der Waals surface area contributed by atoms with Gasteiger partial charge < -0.3 is 0 Å². The molecule has 2 fully saturated rings. The standard InChI is InChI=1S/C17H20O/c1-2-9-17(12-13-6-4-3-5-7-13)10-8-14-11-15(14)16(17)18/h2-7,14-15H,1,8-12H2/t14-,15+,17+/m0/s1. The normalized spacial score (nSPS) is 33.9. The second-order valence-electron chi connectivity index (χ2n) is 5.94. The Morgan fingerprint density at radius 1 is 1.33 bits per heavy atom. The summed E-state index contributed by atoms with van der Waals surface area (Å²) >= 11 is 0. The van der Waals surface area contributed by atoms with Gasteiger partial charge in [-0.25, -0.2) is 0 Å². The molecule has 1 aromatic carbocycles. The van der Waals surface area contributed by atoms with Gasteiger partial charge in [0.05, 0.1) is 0 Å². The summed E-state index contributed by atoms with van der Waals surface area (Å²) in [5, 5.41) is 0. The van der Waals surface area contributed by atoms with Crippen LogP contribution in [-0.4, -0.2) is 5.78 Å². The van der Waals surface area contributed by atoms with Crippen molar-refractivity contribution in [2.75, 3.05) is 0 Å². The molecule has 1 aromatic rings. The highest BCUT2D eigenvalue weighted by Crippen LogP contribution is 2.55. The quantitative estimate of drug-likeness (QED) is 0.732. The lowest BCUT2D eigenvalue weighted by atomic mass is 9.67. The van der Waals surface area contributed by atoms with Crippen molar-refractivity contribution in [3.8, 4) is 0 Å². The summed E-state index contributed by atoms with van der Waals surface area (Å²) in [4.78, 5) is 12.6. The fraction of sp³-hybridized carbons (Fsp3) is 0.471. The lowest BCUT2D eigenvalue weighted by molar-refractivity contribution is -0.132. The zero-order valence-electron chi connectivity index (χ0n) is 10.8. The molecule has 3 rings (SSSR count). The molecule has 0 N–H and O–H groups in total. The molecule has 18 heavy (non-hydrogen) atoms. The maximum Gasteiger partial charge on any atom is 0.143 e. The van der Waals surface area contributed by atoms with Crippen LogP contribution in [0.25, 0.3) is 0 Å². The molecule has 0 radical (unpaired) electrons. The number of allylic oxidation sites excluding steroid dienone is 1. The van der Waals surface area contributed by atoms with Gasteiger partial charge in [-0.1, -0.05) is 36.4 Å². The topological polar surface area (TPSA) is 17.1 Å². The van der Waals surface area contributed by atoms with Crippen LogP contribution in [0.5, 0.6) is 0 Å². The van der Waals surface area contributed by atoms with E-state index in [4.69, 9.17) is 0 Å². The Hall–Kier alpha value is -1.37. The molecule has 1 nitrogen and oxygen atoms in total. The van der Waals surface area contributed by atoms with E-state index >= 15 is 0 Å². The summed E-state index contributed by atoms with van der Waals surface area (Å²) in [5.41, 5.74) is 1.13. The number of carbonyl (C=O) groups excluding carboxylic acids is 1. The molecule has 2 saturated carbocycles. The van der Waals surface area contributed by atoms with Crippen LogP contribution >= 0.6 is 0 Å². The van der Waals surface area contributed by atoms with Crippen molar-refractivity contribution in [3.63, 3.8) is 0 Å². The molecule has 0 saturated heterocycles. The number of Topliss-reactive ketones (excluding diaryl/α,β-unsaturated/α-hetero) is 1. The smallest absolute Gasteiger partial charge is 0.143 e. The van der Waals surface area contributed by atoms with E-state index in [0.29, 0.717) is 17.6 Å². The van der Waals surface area contributed by atoms with Gasteiger partial charge in [-0.05, 0) is 43.6 Å². The summed E-state index contributed by atoms with van der Waals surface area (Å²) in [6.45, 7) is 3.86. The number of ketones is 1. The highest BCUT2D eigenvalue weighted by Gasteiger charge is 2.55. The Morgan fingerprint density at radius 3 is 2.83 bits per heavy atom. The Balaban J connectivity index is 1.86. The maximum atomic E-state index is 12.6. The predicted octanol–water partition coefficient (Wildman–Crippen LogP) is 3.79. The number of rotatable bonds is 4. The lowest BCUT2D eigenvalue weighted by Gasteiger charge is -2.35. The molecule has 3 atom stereocenters. The Labute approximate surface area is 109 Å². The second kappa shape index (κ2) is 4.38. The highest BCUT2D eigenvalue weighted by molar-refractivity contribution is 5.90. The second-order valence-corrected chi connectivity index (χ2v) is 5.94. The van der Waals surface area contributed by atoms with E-state index in [-0.39, 0.29) is 5.41 Å². The van der Waals surface area contributed by atoms with Crippen molar-refractivity contribution >= 4 is 5.78 Å². The van der Waals surface area contributed by atoms with Crippen molar-refractivity contribution in [2.24, 2.45) is 17.3 Å². The van der Waals surface area contributed by atoms with Crippen LogP contribution in [-0.2, 0) is 11.2 Å². The van der Waals surface area contributed by atoms with Crippen LogP contribution in [0, 0.1) is 17.3 Å². The van der Waals surface area contributed by atoms with Gasteiger partial charge in [-0.3, -0.25) is 4.79 Å². The van der Waals surface area contributed by atoms with Crippen LogP contribution in [0.4, 0.5) is 0 Å². The Kier molecular flexibility index (Phi) is 2.85. The summed E-state index contributed by atoms with van der Waals surface area (Å²) in [6, 6.07) is 10.4. The molecular formula is C17H20O. The molecule has 1 heteroatoms. The minimum atomic E-state index is -0.152. The summed E-state index contributed by atoms with van der Waals surface area (Å²) in [7, 11) is 0. The fourth-order valence-electron chi connectivity index (χ4n) is 3.58. The maximum absolute atomic E-state index is 12.6. The van der Waals surface area contributed by atoms with Crippen molar-refractivity contribution in [1.29, 1.82) is 0 Å². The van der Waals surface area contributed by atoms with Crippen LogP contribution < -0.4 is 0 Å². The van der Waals surface area contributed by atoms with Gasteiger partial charge in [-0.2, -0.15) is 0 Å². The first-order valence-corrected chi connectivity index (χ1v) is 6.94. The van der Waals surface area contributed by atoms with Crippen LogP contribution in [0.3, 0.4) is 0 Å². The third-order valence-corrected chi connectivity index (χ3v) is 4.70. The molecule has 94 valence electrons. The van der Waals surface area contributed by atoms with E-state index in [9.17, 15) is 4.79 Å². The van der Waals surface area contributed by atoms with E-state index in [2.05, 4.69) is 30.8 Å². The van der Waals surface area contributed by atoms with E-state index in [1.807, 2.05) is 12.1 Å². The number of carbonyl (C=O) groups is 1. The van der Waals surface area contributed by atoms with Crippen LogP contribution in [0.2, 0.25) is 0 Å². The minimum absolute atomic E-state index is 0.152. The molecule has 0 spiro atoms. The zero-order chi connectivity index (χ0) is 12.6. The predicted molar refractivity (Wildman–Crippen MR) is 73.2 cm³/mol. The molecule has 0 amide bonds. The van der Waals surface area contributed by atoms with E-state index in [1.54, 1.807) is 0 Å². The number of hydrogen-bond acceptors (Lipinski definition) is 1. The minimum Gasteiger partial charge on any atom is -0.299 e. The number of fused-ring (bicyclic) bond motifs is 1. The van der Waals surface area contributed by atoms with Crippen molar-refractivity contribution in [2.45, 2.75) is 32.1 Å². The van der Waals surface area contributed by atoms with Gasteiger partial charge >= 0.3 is 0 Å². The molecule has 2 aliphatic rings. The average molecular weight is 240 g/mol. The van der Waals surface area contributed by atoms with Gasteiger partial charge in [-0.15, -0.1) is 6.58 Å². The summed E-state index contributed by atoms with van der Waals surface area (Å²) < 4.78 is 0. The lowest BCUT2D eigenvalue weighted by Crippen LogP contribution is -2.37. The van der Waals surface area contributed by atoms with Crippen molar-refractivity contribution in [1.82, 2.24) is 0 Å². The van der Waals surface area contributed by atoms with Crippen LogP contribution in [0.15, 0.2) is 43.0 Å². The molecule has 0 aliphatic heterocycles. The molecule has 0 heterocycles. The van der Waals surface area contributed by atoms with Crippen LogP contribution in [0.1, 0.15) is 31.2 Å². The molecule has 0 bridgehead atoms. The Bertz CT molecular complexity index is 462. The molecular weight excluding hydrogens is 220 g/mol. The largest absolute Gasteiger partial charge is 0.299 e. The third kappa shape index (κ3) is 1.92. The fourth-order valence-corrected chi connectivity index (χ4v) is 3.58. The SMILES string of the molecule is C=CC[C@]1(Cc2ccccc2)CC[C@H]2C[C@H]2C1=O. The third-order valence-electron chi connectivity index (χ3n) is 4.70. The van der Waals surface area contributed by atoms with Gasteiger partial charge in [0.15, 0.2) is 0 Å². The summed E-state index contributed by atoms with van der Waals surface area (Å²) in [6.07, 6.45) is 7.09. The van der Waals surface area contributed by atoms with Crippen molar-refractivity contribution < 1.29 is 4.79 Å². The first kappa shape index (κ1) is 11.7. The van der Waals surface area contributed by atoms with E-state index in [1.165, 1.54) is 12.0 Å². The highest BCUT2D eigenvalue weighted by atomic mass is 16.1. The molecule has 2 aliphatic carbocycles. The summed E-state index contributed by atoms with van der Waals surface area (Å²) in [5.74, 6) is 1.61. The van der Waals surface area contributed by atoms with Gasteiger partial charge in [0, 0.05) is 11.3 Å². The van der Waals surface area contributed by atoms with Crippen molar-refractivity contribution in [3.05, 3.63) is 48.6 Å². The zero-order valence-corrected chi connectivity index (χ0v) is 10.8. The average Bonchev–Trinajstić information content (AvgIpc) is 3.16. The van der Waals surface area contributed by atoms with E-state index in [0.717, 1.165) is 25.7 Å². The number of hydrogen-bond donors (Lipinski definition) is 0. The molecule has 0 aromatic heterocycles. The van der Waals surface area contributed by atoms with Gasteiger partial charge in [0.2, 0.25) is 0 Å². The molecule has 0 unspecified atom stereocenters. The van der Waals surface area contributed by atoms with E-state index < -0.39 is 0 Å². The van der Waals surface area contributed by atoms with Gasteiger partial charge in [0.1, 0.15) is 5.78 Å². The number of benzene rings is 1. The Morgan fingerprint density at radius 2 is 2.11 bits per heavy atom. The first-order chi connectivity index (χ1) is 8.75.